The monoisotopic (exact) mass is 329 g/mol. The van der Waals surface area contributed by atoms with Crippen molar-refractivity contribution >= 4 is 21.8 Å². The number of amides is 1. The van der Waals surface area contributed by atoms with Gasteiger partial charge in [0.2, 0.25) is 0 Å². The smallest absolute Gasteiger partial charge is 0.254 e. The third-order valence-corrected chi connectivity index (χ3v) is 2.99. The van der Waals surface area contributed by atoms with Crippen LogP contribution in [0.2, 0.25) is 0 Å². The molecule has 0 unspecified atom stereocenters. The maximum absolute atomic E-state index is 12.3. The van der Waals surface area contributed by atoms with E-state index in [4.69, 9.17) is 9.84 Å². The summed E-state index contributed by atoms with van der Waals surface area (Å²) in [4.78, 5) is 13.9. The SMILES string of the molecule is CCN(CCO)C(=O)c1cc(Br)cc(OC(C)C)c1. The van der Waals surface area contributed by atoms with E-state index >= 15 is 0 Å². The largest absolute Gasteiger partial charge is 0.491 e. The molecule has 5 heteroatoms. The number of ether oxygens (including phenoxy) is 1. The first-order valence-electron chi connectivity index (χ1n) is 6.35. The van der Waals surface area contributed by atoms with Gasteiger partial charge in [0, 0.05) is 23.1 Å². The number of nitrogens with zero attached hydrogens (tertiary/aromatic N) is 1. The van der Waals surface area contributed by atoms with Gasteiger partial charge in [-0.2, -0.15) is 0 Å². The summed E-state index contributed by atoms with van der Waals surface area (Å²) >= 11 is 3.38. The zero-order valence-corrected chi connectivity index (χ0v) is 13.1. The molecule has 0 saturated carbocycles. The predicted octanol–water partition coefficient (Wildman–Crippen LogP) is 2.69. The number of carbonyl (C=O) groups is 1. The molecular formula is C14H20BrNO3. The van der Waals surface area contributed by atoms with E-state index in [9.17, 15) is 4.79 Å². The molecule has 0 bridgehead atoms. The minimum absolute atomic E-state index is 0.0388. The average molecular weight is 330 g/mol. The number of halogens is 1. The number of benzene rings is 1. The molecule has 0 spiro atoms. The van der Waals surface area contributed by atoms with Crippen molar-refractivity contribution in [1.29, 1.82) is 0 Å². The Labute approximate surface area is 122 Å². The maximum atomic E-state index is 12.3. The molecule has 1 N–H and O–H groups in total. The van der Waals surface area contributed by atoms with Gasteiger partial charge in [-0.15, -0.1) is 0 Å². The van der Waals surface area contributed by atoms with Gasteiger partial charge in [0.25, 0.3) is 5.91 Å². The van der Waals surface area contributed by atoms with Gasteiger partial charge in [0.15, 0.2) is 0 Å². The summed E-state index contributed by atoms with van der Waals surface area (Å²) < 4.78 is 6.41. The fraction of sp³-hybridized carbons (Fsp3) is 0.500. The van der Waals surface area contributed by atoms with Gasteiger partial charge >= 0.3 is 0 Å². The quantitative estimate of drug-likeness (QED) is 0.872. The zero-order chi connectivity index (χ0) is 14.4. The van der Waals surface area contributed by atoms with Crippen LogP contribution in [0.25, 0.3) is 0 Å². The van der Waals surface area contributed by atoms with Crippen LogP contribution in [0.4, 0.5) is 0 Å². The Kier molecular flexibility index (Phi) is 6.31. The van der Waals surface area contributed by atoms with Gasteiger partial charge in [-0.05, 0) is 39.0 Å². The number of aliphatic hydroxyl groups excluding tert-OH is 1. The highest BCUT2D eigenvalue weighted by Crippen LogP contribution is 2.23. The summed E-state index contributed by atoms with van der Waals surface area (Å²) in [6.45, 7) is 6.62. The van der Waals surface area contributed by atoms with E-state index < -0.39 is 0 Å². The molecule has 0 aromatic heterocycles. The topological polar surface area (TPSA) is 49.8 Å². The molecule has 19 heavy (non-hydrogen) atoms. The Bertz CT molecular complexity index is 435. The van der Waals surface area contributed by atoms with Gasteiger partial charge in [0.05, 0.1) is 12.7 Å². The van der Waals surface area contributed by atoms with E-state index in [0.29, 0.717) is 24.4 Å². The van der Waals surface area contributed by atoms with Crippen molar-refractivity contribution in [2.75, 3.05) is 19.7 Å². The molecule has 0 atom stereocenters. The zero-order valence-electron chi connectivity index (χ0n) is 11.5. The third-order valence-electron chi connectivity index (χ3n) is 2.53. The standard InChI is InChI=1S/C14H20BrNO3/c1-4-16(5-6-17)14(18)11-7-12(15)9-13(8-11)19-10(2)3/h7-10,17H,4-6H2,1-3H3. The lowest BCUT2D eigenvalue weighted by Gasteiger charge is -2.20. The molecule has 106 valence electrons. The summed E-state index contributed by atoms with van der Waals surface area (Å²) in [6.07, 6.45) is 0.0528. The first kappa shape index (κ1) is 16.0. The van der Waals surface area contributed by atoms with Crippen molar-refractivity contribution in [1.82, 2.24) is 4.90 Å². The van der Waals surface area contributed by atoms with Crippen LogP contribution in [-0.2, 0) is 0 Å². The number of likely N-dealkylation sites (N-methyl/N-ethyl adjacent to an activating group) is 1. The number of carbonyl (C=O) groups excluding carboxylic acids is 1. The molecule has 0 saturated heterocycles. The molecule has 0 heterocycles. The highest BCUT2D eigenvalue weighted by Gasteiger charge is 2.15. The molecule has 1 amide bonds. The lowest BCUT2D eigenvalue weighted by atomic mass is 10.2. The second kappa shape index (κ2) is 7.50. The summed E-state index contributed by atoms with van der Waals surface area (Å²) in [6, 6.07) is 5.32. The summed E-state index contributed by atoms with van der Waals surface area (Å²) in [5.41, 5.74) is 0.556. The van der Waals surface area contributed by atoms with Crippen LogP contribution in [0.5, 0.6) is 5.75 Å². The maximum Gasteiger partial charge on any atom is 0.254 e. The lowest BCUT2D eigenvalue weighted by molar-refractivity contribution is 0.0731. The Morgan fingerprint density at radius 1 is 1.42 bits per heavy atom. The van der Waals surface area contributed by atoms with Gasteiger partial charge in [-0.25, -0.2) is 0 Å². The Morgan fingerprint density at radius 2 is 2.11 bits per heavy atom. The summed E-state index contributed by atoms with van der Waals surface area (Å²) in [7, 11) is 0. The molecule has 0 aliphatic rings. The van der Waals surface area contributed by atoms with Crippen molar-refractivity contribution in [3.05, 3.63) is 28.2 Å². The second-order valence-corrected chi connectivity index (χ2v) is 5.37. The average Bonchev–Trinajstić information content (AvgIpc) is 2.33. The molecule has 1 aromatic carbocycles. The minimum Gasteiger partial charge on any atom is -0.491 e. The van der Waals surface area contributed by atoms with Crippen LogP contribution >= 0.6 is 15.9 Å². The van der Waals surface area contributed by atoms with E-state index in [1.165, 1.54) is 0 Å². The van der Waals surface area contributed by atoms with Crippen molar-refractivity contribution in [3.8, 4) is 5.75 Å². The van der Waals surface area contributed by atoms with Gasteiger partial charge in [-0.3, -0.25) is 4.79 Å². The number of rotatable bonds is 6. The van der Waals surface area contributed by atoms with Gasteiger partial charge in [-0.1, -0.05) is 15.9 Å². The number of aliphatic hydroxyl groups is 1. The molecule has 0 fully saturated rings. The summed E-state index contributed by atoms with van der Waals surface area (Å²) in [5.74, 6) is 0.555. The van der Waals surface area contributed by atoms with E-state index in [2.05, 4.69) is 15.9 Å². The van der Waals surface area contributed by atoms with Crippen molar-refractivity contribution in [2.45, 2.75) is 26.9 Å². The normalized spacial score (nSPS) is 10.6. The van der Waals surface area contributed by atoms with Gasteiger partial charge in [0.1, 0.15) is 5.75 Å². The number of hydrogen-bond donors (Lipinski definition) is 1. The van der Waals surface area contributed by atoms with Crippen LogP contribution in [0, 0.1) is 0 Å². The van der Waals surface area contributed by atoms with Crippen LogP contribution in [0.15, 0.2) is 22.7 Å². The van der Waals surface area contributed by atoms with E-state index in [-0.39, 0.29) is 18.6 Å². The predicted molar refractivity (Wildman–Crippen MR) is 78.6 cm³/mol. The van der Waals surface area contributed by atoms with E-state index in [1.54, 1.807) is 17.0 Å². The number of hydrogen-bond acceptors (Lipinski definition) is 3. The molecular weight excluding hydrogens is 310 g/mol. The molecule has 0 radical (unpaired) electrons. The summed E-state index contributed by atoms with van der Waals surface area (Å²) in [5, 5.41) is 8.96. The molecule has 4 nitrogen and oxygen atoms in total. The van der Waals surface area contributed by atoms with Crippen LogP contribution in [0.1, 0.15) is 31.1 Å². The van der Waals surface area contributed by atoms with Crippen LogP contribution in [-0.4, -0.2) is 41.7 Å². The first-order chi connectivity index (χ1) is 8.97. The Morgan fingerprint density at radius 3 is 2.63 bits per heavy atom. The van der Waals surface area contributed by atoms with E-state index in [1.807, 2.05) is 26.8 Å². The molecule has 0 aliphatic heterocycles. The van der Waals surface area contributed by atoms with Crippen molar-refractivity contribution in [3.63, 3.8) is 0 Å². The van der Waals surface area contributed by atoms with Crippen LogP contribution < -0.4 is 4.74 Å². The fourth-order valence-corrected chi connectivity index (χ4v) is 2.21. The van der Waals surface area contributed by atoms with Crippen LogP contribution in [0.3, 0.4) is 0 Å². The van der Waals surface area contributed by atoms with E-state index in [0.717, 1.165) is 4.47 Å². The minimum atomic E-state index is -0.105. The molecule has 1 aromatic rings. The fourth-order valence-electron chi connectivity index (χ4n) is 1.73. The second-order valence-electron chi connectivity index (χ2n) is 4.45. The third kappa shape index (κ3) is 4.84. The molecule has 0 aliphatic carbocycles. The van der Waals surface area contributed by atoms with Gasteiger partial charge < -0.3 is 14.7 Å². The highest BCUT2D eigenvalue weighted by atomic mass is 79.9. The Hall–Kier alpha value is -1.07. The first-order valence-corrected chi connectivity index (χ1v) is 7.14. The molecule has 1 rings (SSSR count). The lowest BCUT2D eigenvalue weighted by Crippen LogP contribution is -2.33. The Balaban J connectivity index is 2.98. The highest BCUT2D eigenvalue weighted by molar-refractivity contribution is 9.10. The van der Waals surface area contributed by atoms with Crippen molar-refractivity contribution < 1.29 is 14.6 Å². The van der Waals surface area contributed by atoms with Crippen molar-refractivity contribution in [2.24, 2.45) is 0 Å².